The van der Waals surface area contributed by atoms with Gasteiger partial charge in [-0.2, -0.15) is 0 Å². The van der Waals surface area contributed by atoms with Gasteiger partial charge in [-0.05, 0) is 119 Å². The largest absolute Gasteiger partial charge is 0.493 e. The summed E-state index contributed by atoms with van der Waals surface area (Å²) in [6.07, 6.45) is 7.50. The Hall–Kier alpha value is -5.40. The first-order valence-electron chi connectivity index (χ1n) is 16.7. The molecule has 274 valence electrons. The summed E-state index contributed by atoms with van der Waals surface area (Å²) in [5, 5.41) is 9.94. The molecule has 3 aromatic rings. The van der Waals surface area contributed by atoms with Crippen molar-refractivity contribution in [1.82, 2.24) is 5.32 Å². The number of carbonyl (C=O) groups is 2. The van der Waals surface area contributed by atoms with Crippen molar-refractivity contribution in [3.05, 3.63) is 82.9 Å². The highest BCUT2D eigenvalue weighted by atomic mass is 19.2. The van der Waals surface area contributed by atoms with Crippen LogP contribution in [0.5, 0.6) is 23.0 Å². The number of hydrogen-bond donors (Lipinski definition) is 2. The molecule has 2 aliphatic carbocycles. The van der Waals surface area contributed by atoms with Gasteiger partial charge in [0, 0.05) is 17.7 Å². The lowest BCUT2D eigenvalue weighted by atomic mass is 10.1. The van der Waals surface area contributed by atoms with Crippen molar-refractivity contribution in [2.45, 2.75) is 84.0 Å². The van der Waals surface area contributed by atoms with Gasteiger partial charge < -0.3 is 30.0 Å². The van der Waals surface area contributed by atoms with Crippen LogP contribution in [-0.2, 0) is 16.2 Å². The number of rotatable bonds is 12. The van der Waals surface area contributed by atoms with Crippen molar-refractivity contribution in [1.29, 1.82) is 0 Å². The van der Waals surface area contributed by atoms with E-state index in [9.17, 15) is 18.4 Å². The monoisotopic (exact) mass is 710 g/mol. The molecule has 0 unspecified atom stereocenters. The summed E-state index contributed by atoms with van der Waals surface area (Å²) >= 11 is 0. The summed E-state index contributed by atoms with van der Waals surface area (Å²) in [5.74, 6) is 0.677. The van der Waals surface area contributed by atoms with Crippen LogP contribution in [0.2, 0.25) is 0 Å². The molecule has 2 aliphatic rings. The van der Waals surface area contributed by atoms with Gasteiger partial charge in [-0.15, -0.1) is 0 Å². The lowest BCUT2D eigenvalue weighted by molar-refractivity contribution is 0.150. The van der Waals surface area contributed by atoms with E-state index in [2.05, 4.69) is 20.5 Å². The maximum absolute atomic E-state index is 13.2. The second-order valence-electron chi connectivity index (χ2n) is 12.0. The number of methoxy groups -OCH3 is 2. The third-order valence-corrected chi connectivity index (χ3v) is 8.31. The minimum atomic E-state index is -0.980. The molecule has 0 atom stereocenters. The van der Waals surface area contributed by atoms with Gasteiger partial charge >= 0.3 is 12.2 Å². The Labute approximate surface area is 295 Å². The Morgan fingerprint density at radius 2 is 1.20 bits per heavy atom. The van der Waals surface area contributed by atoms with Gasteiger partial charge in [-0.25, -0.2) is 18.4 Å². The number of nitrogens with two attached hydrogens (primary N) is 1. The molecule has 12 nitrogen and oxygen atoms in total. The number of carbonyl (C=O) groups excluding carboxylic acids is 2. The molecule has 3 N–H and O–H groups in total. The number of amides is 2. The molecule has 0 spiro atoms. The van der Waals surface area contributed by atoms with Crippen LogP contribution in [0.4, 0.5) is 18.4 Å². The first-order valence-corrected chi connectivity index (χ1v) is 16.7. The number of ether oxygens (including phenoxy) is 4. The van der Waals surface area contributed by atoms with Crippen molar-refractivity contribution >= 4 is 23.6 Å². The molecule has 5 rings (SSSR count). The fourth-order valence-corrected chi connectivity index (χ4v) is 5.54. The van der Waals surface area contributed by atoms with E-state index < -0.39 is 23.8 Å². The highest BCUT2D eigenvalue weighted by molar-refractivity contribution is 5.99. The third kappa shape index (κ3) is 11.9. The fraction of sp³-hybridized carbons (Fsp3) is 0.405. The van der Waals surface area contributed by atoms with Crippen molar-refractivity contribution in [2.24, 2.45) is 16.0 Å². The molecule has 0 aliphatic heterocycles. The molecule has 2 amide bonds. The molecular formula is C37H44F2N4O8. The molecule has 0 saturated heterocycles. The summed E-state index contributed by atoms with van der Waals surface area (Å²) in [7, 11) is 3.19. The van der Waals surface area contributed by atoms with Crippen molar-refractivity contribution in [2.75, 3.05) is 14.2 Å². The van der Waals surface area contributed by atoms with Crippen LogP contribution in [0, 0.1) is 11.6 Å². The molecule has 2 saturated carbocycles. The Bertz CT molecular complexity index is 1710. The van der Waals surface area contributed by atoms with Gasteiger partial charge in [0.2, 0.25) is 0 Å². The molecule has 14 heteroatoms. The highest BCUT2D eigenvalue weighted by Crippen LogP contribution is 2.34. The van der Waals surface area contributed by atoms with Crippen LogP contribution in [0.15, 0.2) is 64.9 Å². The molecule has 51 heavy (non-hydrogen) atoms. The van der Waals surface area contributed by atoms with Crippen LogP contribution < -0.4 is 30.0 Å². The number of benzene rings is 3. The van der Waals surface area contributed by atoms with Gasteiger partial charge in [-0.3, -0.25) is 9.68 Å². The summed E-state index contributed by atoms with van der Waals surface area (Å²) in [4.78, 5) is 31.7. The van der Waals surface area contributed by atoms with Gasteiger partial charge in [0.15, 0.2) is 34.6 Å². The number of oxime groups is 2. The van der Waals surface area contributed by atoms with Gasteiger partial charge in [0.25, 0.3) is 0 Å². The summed E-state index contributed by atoms with van der Waals surface area (Å²) in [6, 6.07) is 14.2. The maximum atomic E-state index is 13.2. The topological polar surface area (TPSA) is 152 Å². The van der Waals surface area contributed by atoms with Crippen LogP contribution in [0.3, 0.4) is 0 Å². The van der Waals surface area contributed by atoms with Gasteiger partial charge in [0.05, 0.1) is 37.9 Å². The van der Waals surface area contributed by atoms with Crippen LogP contribution in [-0.4, -0.2) is 50.0 Å². The van der Waals surface area contributed by atoms with Crippen molar-refractivity contribution in [3.63, 3.8) is 0 Å². The molecule has 0 aromatic heterocycles. The van der Waals surface area contributed by atoms with Crippen LogP contribution in [0.25, 0.3) is 0 Å². The minimum absolute atomic E-state index is 0.0213. The predicted octanol–water partition coefficient (Wildman–Crippen LogP) is 7.78. The fourth-order valence-electron chi connectivity index (χ4n) is 5.54. The normalized spacial score (nSPS) is 15.0. The third-order valence-electron chi connectivity index (χ3n) is 8.31. The molecule has 2 fully saturated rings. The lowest BCUT2D eigenvalue weighted by Crippen LogP contribution is -2.22. The zero-order chi connectivity index (χ0) is 36.8. The van der Waals surface area contributed by atoms with E-state index in [4.69, 9.17) is 29.5 Å². The van der Waals surface area contributed by atoms with Crippen LogP contribution in [0.1, 0.15) is 81.9 Å². The highest BCUT2D eigenvalue weighted by Gasteiger charge is 2.20. The Balaban J connectivity index is 0.000000244. The quantitative estimate of drug-likeness (QED) is 0.110. The summed E-state index contributed by atoms with van der Waals surface area (Å²) < 4.78 is 48.9. The molecule has 0 radical (unpaired) electrons. The lowest BCUT2D eigenvalue weighted by Gasteiger charge is -2.16. The van der Waals surface area contributed by atoms with Crippen LogP contribution >= 0.6 is 0 Å². The second-order valence-corrected chi connectivity index (χ2v) is 12.0. The van der Waals surface area contributed by atoms with E-state index in [1.165, 1.54) is 18.9 Å². The Morgan fingerprint density at radius 3 is 1.65 bits per heavy atom. The van der Waals surface area contributed by atoms with E-state index >= 15 is 0 Å². The zero-order valence-electron chi connectivity index (χ0n) is 29.2. The number of halogens is 2. The zero-order valence-corrected chi connectivity index (χ0v) is 29.2. The first-order chi connectivity index (χ1) is 24.6. The van der Waals surface area contributed by atoms with E-state index in [-0.39, 0.29) is 18.8 Å². The Kier molecular flexibility index (Phi) is 14.4. The second kappa shape index (κ2) is 19.1. The predicted molar refractivity (Wildman–Crippen MR) is 187 cm³/mol. The van der Waals surface area contributed by atoms with Gasteiger partial charge in [-0.1, -0.05) is 16.4 Å². The maximum Gasteiger partial charge on any atom is 0.433 e. The molecular weight excluding hydrogens is 666 g/mol. The van der Waals surface area contributed by atoms with E-state index in [1.807, 2.05) is 18.2 Å². The molecule has 0 bridgehead atoms. The number of hydrogen-bond acceptors (Lipinski definition) is 10. The first kappa shape index (κ1) is 38.4. The average Bonchev–Trinajstić information content (AvgIpc) is 3.85. The number of nitrogens with one attached hydrogen (secondary N) is 1. The summed E-state index contributed by atoms with van der Waals surface area (Å²) in [5.41, 5.74) is 7.80. The Morgan fingerprint density at radius 1 is 0.706 bits per heavy atom. The number of primary amides is 1. The van der Waals surface area contributed by atoms with E-state index in [1.54, 1.807) is 46.3 Å². The summed E-state index contributed by atoms with van der Waals surface area (Å²) in [6.45, 7) is 3.40. The SMILES string of the molecule is COc1ccc(/C(C)=N\OC(=O)NCc2ccc(F)c(F)c2)cc1OC1CCCC1.COc1ccc(/C(C)=N\OC(N)=O)cc1OC1CCCC1. The van der Waals surface area contributed by atoms with Crippen molar-refractivity contribution in [3.8, 4) is 23.0 Å². The van der Waals surface area contributed by atoms with Crippen molar-refractivity contribution < 1.29 is 47.0 Å². The van der Waals surface area contributed by atoms with E-state index in [0.29, 0.717) is 40.0 Å². The molecule has 0 heterocycles. The average molecular weight is 711 g/mol. The van der Waals surface area contributed by atoms with Gasteiger partial charge in [0.1, 0.15) is 0 Å². The minimum Gasteiger partial charge on any atom is -0.493 e. The standard InChI is InChI=1S/C22H24F2N2O4.C15H20N2O4/c1-14(26-30-22(27)25-13-15-7-9-18(23)19(24)11-15)16-8-10-20(28-2)21(12-16)29-17-5-3-4-6-17;1-10(17-21-15(16)18)11-7-8-13(19-2)14(9-11)20-12-5-3-4-6-12/h7-12,17H,3-6,13H2,1-2H3,(H,25,27);7-9,12H,3-6H2,1-2H3,(H2,16,18)/b26-14-;17-10-. The van der Waals surface area contributed by atoms with E-state index in [0.717, 1.165) is 61.8 Å². The smallest absolute Gasteiger partial charge is 0.433 e. The molecule has 3 aromatic carbocycles. The number of nitrogens with zero attached hydrogens (tertiary/aromatic N) is 2.